The van der Waals surface area contributed by atoms with Gasteiger partial charge in [0.05, 0.1) is 11.5 Å². The molecule has 2 amide bonds. The maximum atomic E-state index is 12.2. The number of nitrogens with one attached hydrogen (secondary N) is 1. The van der Waals surface area contributed by atoms with Gasteiger partial charge in [0.1, 0.15) is 0 Å². The molecule has 22 heavy (non-hydrogen) atoms. The van der Waals surface area contributed by atoms with Crippen LogP contribution in [0.1, 0.15) is 31.2 Å². The highest BCUT2D eigenvalue weighted by atomic mass is 16.3. The molecule has 3 rings (SSSR count). The molecule has 2 aliphatic rings. The Balaban J connectivity index is 1.59. The van der Waals surface area contributed by atoms with Gasteiger partial charge >= 0.3 is 0 Å². The van der Waals surface area contributed by atoms with Crippen LogP contribution in [-0.2, 0) is 9.59 Å². The third-order valence-corrected chi connectivity index (χ3v) is 4.72. The molecule has 0 aromatic heterocycles. The van der Waals surface area contributed by atoms with Crippen LogP contribution in [0.15, 0.2) is 24.3 Å². The van der Waals surface area contributed by atoms with E-state index in [2.05, 4.69) is 5.32 Å². The maximum absolute atomic E-state index is 12.2. The maximum Gasteiger partial charge on any atom is 0.227 e. The molecule has 2 fully saturated rings. The molecule has 1 aliphatic carbocycles. The van der Waals surface area contributed by atoms with Crippen LogP contribution in [-0.4, -0.2) is 35.6 Å². The molecule has 1 atom stereocenters. The normalized spacial score (nSPS) is 23.3. The second-order valence-corrected chi connectivity index (χ2v) is 6.54. The minimum absolute atomic E-state index is 0.0219. The lowest BCUT2D eigenvalue weighted by atomic mass is 9.80. The summed E-state index contributed by atoms with van der Waals surface area (Å²) in [5.74, 6) is -0.493. The van der Waals surface area contributed by atoms with Crippen molar-refractivity contribution in [3.63, 3.8) is 0 Å². The first kappa shape index (κ1) is 15.0. The number of hydrogen-bond donors (Lipinski definition) is 2. The Morgan fingerprint density at radius 1 is 1.36 bits per heavy atom. The molecule has 1 aromatic rings. The third kappa shape index (κ3) is 2.99. The molecule has 1 unspecified atom stereocenters. The predicted octanol–water partition coefficient (Wildman–Crippen LogP) is 1.38. The first-order chi connectivity index (χ1) is 10.5. The second-order valence-electron chi connectivity index (χ2n) is 6.54. The van der Waals surface area contributed by atoms with Crippen molar-refractivity contribution in [2.24, 2.45) is 5.92 Å². The lowest BCUT2D eigenvalue weighted by Crippen LogP contribution is -2.49. The highest BCUT2D eigenvalue weighted by Crippen LogP contribution is 2.31. The zero-order chi connectivity index (χ0) is 15.7. The number of anilines is 1. The van der Waals surface area contributed by atoms with Gasteiger partial charge < -0.3 is 15.3 Å². The summed E-state index contributed by atoms with van der Waals surface area (Å²) in [6.45, 7) is 2.70. The van der Waals surface area contributed by atoms with E-state index in [1.807, 2.05) is 31.2 Å². The number of aryl methyl sites for hydroxylation is 1. The van der Waals surface area contributed by atoms with Gasteiger partial charge in [0.15, 0.2) is 0 Å². The number of rotatable bonds is 4. The van der Waals surface area contributed by atoms with E-state index in [4.69, 9.17) is 0 Å². The van der Waals surface area contributed by atoms with Gasteiger partial charge in [-0.15, -0.1) is 0 Å². The van der Waals surface area contributed by atoms with Crippen LogP contribution in [0.5, 0.6) is 0 Å². The molecule has 1 saturated heterocycles. The van der Waals surface area contributed by atoms with Crippen LogP contribution in [0.3, 0.4) is 0 Å². The molecule has 0 bridgehead atoms. The van der Waals surface area contributed by atoms with E-state index in [1.165, 1.54) is 0 Å². The summed E-state index contributed by atoms with van der Waals surface area (Å²) in [5, 5.41) is 12.8. The van der Waals surface area contributed by atoms with Gasteiger partial charge in [-0.1, -0.05) is 17.7 Å². The van der Waals surface area contributed by atoms with E-state index in [1.54, 1.807) is 4.90 Å². The Morgan fingerprint density at radius 2 is 2.05 bits per heavy atom. The molecule has 0 spiro atoms. The lowest BCUT2D eigenvalue weighted by Gasteiger charge is -2.36. The topological polar surface area (TPSA) is 69.6 Å². The number of carbonyl (C=O) groups is 2. The van der Waals surface area contributed by atoms with E-state index >= 15 is 0 Å². The van der Waals surface area contributed by atoms with Gasteiger partial charge in [-0.3, -0.25) is 9.59 Å². The van der Waals surface area contributed by atoms with Crippen LogP contribution in [0.4, 0.5) is 5.69 Å². The summed E-state index contributed by atoms with van der Waals surface area (Å²) in [7, 11) is 0. The number of aliphatic hydroxyl groups is 1. The highest BCUT2D eigenvalue weighted by Gasteiger charge is 2.38. The summed E-state index contributed by atoms with van der Waals surface area (Å²) in [6, 6.07) is 7.74. The van der Waals surface area contributed by atoms with Crippen LogP contribution >= 0.6 is 0 Å². The average molecular weight is 302 g/mol. The SMILES string of the molecule is Cc1ccc(N2CC(C(=O)NCC3(O)CCC3)CC2=O)cc1. The number of benzene rings is 1. The third-order valence-electron chi connectivity index (χ3n) is 4.72. The fourth-order valence-corrected chi connectivity index (χ4v) is 3.02. The molecule has 0 radical (unpaired) electrons. The summed E-state index contributed by atoms with van der Waals surface area (Å²) in [5.41, 5.74) is 1.25. The first-order valence-corrected chi connectivity index (χ1v) is 7.84. The van der Waals surface area contributed by atoms with Crippen molar-refractivity contribution in [2.45, 2.75) is 38.2 Å². The van der Waals surface area contributed by atoms with Crippen molar-refractivity contribution in [1.82, 2.24) is 5.32 Å². The molecule has 1 aliphatic heterocycles. The van der Waals surface area contributed by atoms with Crippen molar-refractivity contribution in [1.29, 1.82) is 0 Å². The molecule has 1 saturated carbocycles. The van der Waals surface area contributed by atoms with Crippen molar-refractivity contribution >= 4 is 17.5 Å². The second kappa shape index (κ2) is 5.72. The Hall–Kier alpha value is -1.88. The van der Waals surface area contributed by atoms with Gasteiger partial charge in [-0.25, -0.2) is 0 Å². The first-order valence-electron chi connectivity index (χ1n) is 7.84. The number of amides is 2. The van der Waals surface area contributed by atoms with Crippen molar-refractivity contribution in [3.8, 4) is 0 Å². The van der Waals surface area contributed by atoms with Gasteiger partial charge in [0, 0.05) is 25.2 Å². The molecule has 5 heteroatoms. The fourth-order valence-electron chi connectivity index (χ4n) is 3.02. The Kier molecular flexibility index (Phi) is 3.91. The summed E-state index contributed by atoms with van der Waals surface area (Å²) < 4.78 is 0. The lowest BCUT2D eigenvalue weighted by molar-refractivity contribution is -0.128. The Labute approximate surface area is 130 Å². The van der Waals surface area contributed by atoms with Gasteiger partial charge in [-0.05, 0) is 38.3 Å². The van der Waals surface area contributed by atoms with Gasteiger partial charge in [0.2, 0.25) is 11.8 Å². The molecule has 1 heterocycles. The van der Waals surface area contributed by atoms with Crippen molar-refractivity contribution < 1.29 is 14.7 Å². The summed E-state index contributed by atoms with van der Waals surface area (Å²) >= 11 is 0. The van der Waals surface area contributed by atoms with E-state index in [0.29, 0.717) is 13.1 Å². The number of hydrogen-bond acceptors (Lipinski definition) is 3. The number of nitrogens with zero attached hydrogens (tertiary/aromatic N) is 1. The van der Waals surface area contributed by atoms with Crippen LogP contribution in [0, 0.1) is 12.8 Å². The molecular formula is C17H22N2O3. The van der Waals surface area contributed by atoms with E-state index in [-0.39, 0.29) is 24.2 Å². The van der Waals surface area contributed by atoms with E-state index in [9.17, 15) is 14.7 Å². The van der Waals surface area contributed by atoms with E-state index in [0.717, 1.165) is 30.5 Å². The zero-order valence-corrected chi connectivity index (χ0v) is 12.8. The Bertz CT molecular complexity index is 578. The molecule has 2 N–H and O–H groups in total. The van der Waals surface area contributed by atoms with Crippen molar-refractivity contribution in [2.75, 3.05) is 18.0 Å². The van der Waals surface area contributed by atoms with E-state index < -0.39 is 5.60 Å². The minimum Gasteiger partial charge on any atom is -0.388 e. The fraction of sp³-hybridized carbons (Fsp3) is 0.529. The molecular weight excluding hydrogens is 280 g/mol. The predicted molar refractivity (Wildman–Crippen MR) is 83.4 cm³/mol. The van der Waals surface area contributed by atoms with Gasteiger partial charge in [0.25, 0.3) is 0 Å². The smallest absolute Gasteiger partial charge is 0.227 e. The minimum atomic E-state index is -0.727. The van der Waals surface area contributed by atoms with Crippen LogP contribution in [0.2, 0.25) is 0 Å². The van der Waals surface area contributed by atoms with Crippen LogP contribution in [0.25, 0.3) is 0 Å². The van der Waals surface area contributed by atoms with Gasteiger partial charge in [-0.2, -0.15) is 0 Å². The van der Waals surface area contributed by atoms with Crippen LogP contribution < -0.4 is 10.2 Å². The summed E-state index contributed by atoms with van der Waals surface area (Å²) in [4.78, 5) is 26.0. The Morgan fingerprint density at radius 3 is 2.64 bits per heavy atom. The average Bonchev–Trinajstić information content (AvgIpc) is 2.86. The quantitative estimate of drug-likeness (QED) is 0.883. The standard InChI is InChI=1S/C17H22N2O3/c1-12-3-5-14(6-4-12)19-10-13(9-15(19)20)16(21)18-11-17(22)7-2-8-17/h3-6,13,22H,2,7-11H2,1H3,(H,18,21). The molecule has 118 valence electrons. The number of carbonyl (C=O) groups excluding carboxylic acids is 2. The zero-order valence-electron chi connectivity index (χ0n) is 12.8. The van der Waals surface area contributed by atoms with Crippen molar-refractivity contribution in [3.05, 3.63) is 29.8 Å². The summed E-state index contributed by atoms with van der Waals surface area (Å²) in [6.07, 6.45) is 2.73. The largest absolute Gasteiger partial charge is 0.388 e. The highest BCUT2D eigenvalue weighted by molar-refractivity contribution is 6.00. The molecule has 5 nitrogen and oxygen atoms in total. The molecule has 1 aromatic carbocycles. The monoisotopic (exact) mass is 302 g/mol.